The van der Waals surface area contributed by atoms with Crippen LogP contribution in [0, 0.1) is 11.3 Å². The summed E-state index contributed by atoms with van der Waals surface area (Å²) < 4.78 is 11.6. The standard InChI is InChI=1S/C25H27N3O3/c1-3-5-16-31-22-13-12-19(18-23(22)30-4-2)17-21-24(20-10-7-6-8-11-20)27-28(25(21)29)15-9-14-26/h6-8,10-13,17-18H,3-5,9,15-16H2,1-2H3/b21-17-. The second kappa shape index (κ2) is 11.0. The molecule has 2 aromatic rings. The van der Waals surface area contributed by atoms with E-state index in [2.05, 4.69) is 18.1 Å². The van der Waals surface area contributed by atoms with Gasteiger partial charge in [0.25, 0.3) is 5.91 Å². The van der Waals surface area contributed by atoms with Gasteiger partial charge in [-0.1, -0.05) is 49.7 Å². The number of nitrogens with zero attached hydrogens (tertiary/aromatic N) is 3. The van der Waals surface area contributed by atoms with Crippen molar-refractivity contribution in [2.24, 2.45) is 5.10 Å². The minimum atomic E-state index is -0.213. The summed E-state index contributed by atoms with van der Waals surface area (Å²) >= 11 is 0. The van der Waals surface area contributed by atoms with Crippen LogP contribution in [0.25, 0.3) is 6.08 Å². The molecule has 0 bridgehead atoms. The van der Waals surface area contributed by atoms with Crippen LogP contribution in [-0.2, 0) is 4.79 Å². The number of carbonyl (C=O) groups is 1. The van der Waals surface area contributed by atoms with E-state index < -0.39 is 0 Å². The zero-order valence-electron chi connectivity index (χ0n) is 18.0. The third-order valence-corrected chi connectivity index (χ3v) is 4.76. The van der Waals surface area contributed by atoms with E-state index in [9.17, 15) is 4.79 Å². The highest BCUT2D eigenvalue weighted by molar-refractivity contribution is 6.33. The van der Waals surface area contributed by atoms with Gasteiger partial charge in [0, 0.05) is 5.56 Å². The molecule has 31 heavy (non-hydrogen) atoms. The number of hydrazone groups is 1. The smallest absolute Gasteiger partial charge is 0.276 e. The van der Waals surface area contributed by atoms with E-state index in [1.807, 2.05) is 61.5 Å². The number of hydrogen-bond donors (Lipinski definition) is 0. The summed E-state index contributed by atoms with van der Waals surface area (Å²) in [7, 11) is 0. The molecule has 0 spiro atoms. The Balaban J connectivity index is 1.95. The molecule has 2 aromatic carbocycles. The molecular formula is C25H27N3O3. The molecule has 0 N–H and O–H groups in total. The van der Waals surface area contributed by atoms with Gasteiger partial charge in [0.2, 0.25) is 0 Å². The minimum Gasteiger partial charge on any atom is -0.490 e. The Morgan fingerprint density at radius 1 is 1.10 bits per heavy atom. The van der Waals surface area contributed by atoms with E-state index in [1.54, 1.807) is 0 Å². The van der Waals surface area contributed by atoms with Crippen molar-refractivity contribution in [1.82, 2.24) is 5.01 Å². The highest BCUT2D eigenvalue weighted by Gasteiger charge is 2.30. The number of hydrogen-bond acceptors (Lipinski definition) is 5. The molecule has 1 heterocycles. The minimum absolute atomic E-state index is 0.213. The first-order chi connectivity index (χ1) is 15.2. The van der Waals surface area contributed by atoms with Crippen LogP contribution in [0.5, 0.6) is 11.5 Å². The molecule has 0 atom stereocenters. The zero-order valence-corrected chi connectivity index (χ0v) is 18.0. The second-order valence-electron chi connectivity index (χ2n) is 7.05. The maximum atomic E-state index is 13.0. The summed E-state index contributed by atoms with van der Waals surface area (Å²) in [6.07, 6.45) is 4.07. The van der Waals surface area contributed by atoms with Crippen molar-refractivity contribution in [3.8, 4) is 17.6 Å². The van der Waals surface area contributed by atoms with E-state index in [4.69, 9.17) is 14.7 Å². The van der Waals surface area contributed by atoms with Crippen LogP contribution in [0.2, 0.25) is 0 Å². The fourth-order valence-corrected chi connectivity index (χ4v) is 3.20. The van der Waals surface area contributed by atoms with Gasteiger partial charge in [-0.15, -0.1) is 0 Å². The Hall–Kier alpha value is -3.59. The Morgan fingerprint density at radius 2 is 1.90 bits per heavy atom. The molecule has 0 aromatic heterocycles. The van der Waals surface area contributed by atoms with Gasteiger partial charge in [-0.05, 0) is 37.1 Å². The summed E-state index contributed by atoms with van der Waals surface area (Å²) in [4.78, 5) is 13.0. The number of carbonyl (C=O) groups excluding carboxylic acids is 1. The third-order valence-electron chi connectivity index (χ3n) is 4.76. The van der Waals surface area contributed by atoms with Crippen molar-refractivity contribution in [3.05, 3.63) is 65.2 Å². The average molecular weight is 418 g/mol. The van der Waals surface area contributed by atoms with E-state index >= 15 is 0 Å². The molecule has 0 fully saturated rings. The molecule has 0 unspecified atom stereocenters. The molecule has 6 heteroatoms. The lowest BCUT2D eigenvalue weighted by atomic mass is 10.00. The molecule has 160 valence electrons. The van der Waals surface area contributed by atoms with Gasteiger partial charge < -0.3 is 9.47 Å². The van der Waals surface area contributed by atoms with Crippen molar-refractivity contribution in [3.63, 3.8) is 0 Å². The first-order valence-electron chi connectivity index (χ1n) is 10.6. The summed E-state index contributed by atoms with van der Waals surface area (Å²) in [5, 5.41) is 14.8. The SMILES string of the molecule is CCCCOc1ccc(/C=C2\C(=O)N(CCC#N)N=C2c2ccccc2)cc1OCC. The van der Waals surface area contributed by atoms with Crippen molar-refractivity contribution in [2.45, 2.75) is 33.1 Å². The van der Waals surface area contributed by atoms with Crippen LogP contribution in [0.3, 0.4) is 0 Å². The van der Waals surface area contributed by atoms with Crippen LogP contribution in [-0.4, -0.2) is 36.4 Å². The van der Waals surface area contributed by atoms with Gasteiger partial charge in [-0.2, -0.15) is 10.4 Å². The molecule has 0 aliphatic carbocycles. The van der Waals surface area contributed by atoms with Crippen LogP contribution >= 0.6 is 0 Å². The monoisotopic (exact) mass is 417 g/mol. The van der Waals surface area contributed by atoms with Crippen molar-refractivity contribution in [1.29, 1.82) is 5.26 Å². The maximum Gasteiger partial charge on any atom is 0.276 e. The topological polar surface area (TPSA) is 74.9 Å². The number of amides is 1. The number of benzene rings is 2. The molecule has 0 saturated heterocycles. The number of ether oxygens (including phenoxy) is 2. The quantitative estimate of drug-likeness (QED) is 0.411. The lowest BCUT2D eigenvalue weighted by molar-refractivity contribution is -0.125. The molecule has 0 radical (unpaired) electrons. The average Bonchev–Trinajstić information content (AvgIpc) is 3.10. The normalized spacial score (nSPS) is 14.5. The molecule has 1 aliphatic rings. The fraction of sp³-hybridized carbons (Fsp3) is 0.320. The Morgan fingerprint density at radius 3 is 2.61 bits per heavy atom. The Kier molecular flexibility index (Phi) is 7.83. The van der Waals surface area contributed by atoms with E-state index in [0.717, 1.165) is 24.0 Å². The van der Waals surface area contributed by atoms with Gasteiger partial charge in [0.05, 0.1) is 37.8 Å². The predicted octanol–water partition coefficient (Wildman–Crippen LogP) is 4.81. The Bertz CT molecular complexity index is 1010. The molecular weight excluding hydrogens is 390 g/mol. The highest BCUT2D eigenvalue weighted by Crippen LogP contribution is 2.31. The van der Waals surface area contributed by atoms with E-state index in [-0.39, 0.29) is 18.9 Å². The zero-order chi connectivity index (χ0) is 22.1. The van der Waals surface area contributed by atoms with Crippen molar-refractivity contribution < 1.29 is 14.3 Å². The van der Waals surface area contributed by atoms with Crippen LogP contribution < -0.4 is 9.47 Å². The first kappa shape index (κ1) is 22.1. The van der Waals surface area contributed by atoms with Crippen LogP contribution in [0.1, 0.15) is 44.2 Å². The number of nitriles is 1. The summed E-state index contributed by atoms with van der Waals surface area (Å²) in [5.74, 6) is 1.14. The van der Waals surface area contributed by atoms with Gasteiger partial charge in [0.1, 0.15) is 5.71 Å². The second-order valence-corrected chi connectivity index (χ2v) is 7.05. The number of unbranched alkanes of at least 4 members (excludes halogenated alkanes) is 1. The summed E-state index contributed by atoms with van der Waals surface area (Å²) in [6.45, 7) is 5.45. The molecule has 1 aliphatic heterocycles. The lowest BCUT2D eigenvalue weighted by Crippen LogP contribution is -2.23. The van der Waals surface area contributed by atoms with Crippen LogP contribution in [0.15, 0.2) is 59.2 Å². The van der Waals surface area contributed by atoms with Gasteiger partial charge >= 0.3 is 0 Å². The third kappa shape index (κ3) is 5.52. The largest absolute Gasteiger partial charge is 0.490 e. The van der Waals surface area contributed by atoms with Gasteiger partial charge in [-0.3, -0.25) is 4.79 Å². The van der Waals surface area contributed by atoms with Crippen molar-refractivity contribution >= 4 is 17.7 Å². The maximum absolute atomic E-state index is 13.0. The lowest BCUT2D eigenvalue weighted by Gasteiger charge is -2.13. The van der Waals surface area contributed by atoms with Gasteiger partial charge in [-0.25, -0.2) is 5.01 Å². The Labute approximate surface area is 183 Å². The van der Waals surface area contributed by atoms with E-state index in [0.29, 0.717) is 36.0 Å². The number of rotatable bonds is 10. The predicted molar refractivity (Wildman–Crippen MR) is 121 cm³/mol. The summed E-state index contributed by atoms with van der Waals surface area (Å²) in [5.41, 5.74) is 2.77. The molecule has 0 saturated carbocycles. The van der Waals surface area contributed by atoms with Gasteiger partial charge in [0.15, 0.2) is 11.5 Å². The fourth-order valence-electron chi connectivity index (χ4n) is 3.20. The summed E-state index contributed by atoms with van der Waals surface area (Å²) in [6, 6.07) is 17.3. The molecule has 6 nitrogen and oxygen atoms in total. The first-order valence-corrected chi connectivity index (χ1v) is 10.6. The molecule has 1 amide bonds. The van der Waals surface area contributed by atoms with E-state index in [1.165, 1.54) is 5.01 Å². The van der Waals surface area contributed by atoms with Crippen LogP contribution in [0.4, 0.5) is 0 Å². The molecule has 3 rings (SSSR count). The highest BCUT2D eigenvalue weighted by atomic mass is 16.5. The van der Waals surface area contributed by atoms with Crippen molar-refractivity contribution in [2.75, 3.05) is 19.8 Å².